The van der Waals surface area contributed by atoms with E-state index in [9.17, 15) is 4.79 Å². The summed E-state index contributed by atoms with van der Waals surface area (Å²) in [4.78, 5) is 9.74. The Morgan fingerprint density at radius 3 is 1.80 bits per heavy atom. The molecule has 0 aromatic heterocycles. The Morgan fingerprint density at radius 2 is 1.80 bits per heavy atom. The lowest BCUT2D eigenvalue weighted by molar-refractivity contribution is 0.609. The van der Waals surface area contributed by atoms with Gasteiger partial charge in [0, 0.05) is 0 Å². The van der Waals surface area contributed by atoms with Gasteiger partial charge in [0.1, 0.15) is 0 Å². The second-order valence-corrected chi connectivity index (χ2v) is 1.09. The van der Waals surface area contributed by atoms with Gasteiger partial charge in [-0.15, -0.1) is 0 Å². The summed E-state index contributed by atoms with van der Waals surface area (Å²) in [6.45, 7) is 0. The lowest BCUT2D eigenvalue weighted by Gasteiger charge is -1.59. The Hall–Kier alpha value is -0.790. The minimum Gasteiger partial charge on any atom is -0.441 e. The maximum atomic E-state index is 9.74. The molecular formula is C3O2. The van der Waals surface area contributed by atoms with Gasteiger partial charge < -0.3 is 4.74 Å². The first-order valence-corrected chi connectivity index (χ1v) is 1.36. The van der Waals surface area contributed by atoms with E-state index in [2.05, 4.69) is 4.74 Å². The van der Waals surface area contributed by atoms with Crippen LogP contribution in [0.15, 0.2) is 4.79 Å². The molecule has 0 unspecified atom stereocenters. The van der Waals surface area contributed by atoms with Gasteiger partial charge in [0.25, 0.3) is 5.43 Å². The third kappa shape index (κ3) is 0.0374. The molecule has 24 valence electrons. The Morgan fingerprint density at radius 1 is 1.40 bits per heavy atom. The molecule has 1 heterocycles. The minimum absolute atomic E-state index is 0.130. The summed E-state index contributed by atoms with van der Waals surface area (Å²) in [5.41, 5.74) is 0.130. The third-order valence-corrected chi connectivity index (χ3v) is 0.719. The van der Waals surface area contributed by atoms with E-state index in [0.29, 0.717) is 11.5 Å². The third-order valence-electron chi connectivity index (χ3n) is 0.719. The zero-order chi connectivity index (χ0) is 3.44. The van der Waals surface area contributed by atoms with Crippen molar-refractivity contribution in [3.05, 3.63) is 10.2 Å². The van der Waals surface area contributed by atoms with Crippen molar-refractivity contribution in [2.45, 2.75) is 0 Å². The second-order valence-electron chi connectivity index (χ2n) is 1.09. The van der Waals surface area contributed by atoms with Gasteiger partial charge in [-0.1, -0.05) is 0 Å². The summed E-state index contributed by atoms with van der Waals surface area (Å²) in [5, 5.41) is 0. The van der Waals surface area contributed by atoms with E-state index in [-0.39, 0.29) is 5.43 Å². The molecule has 1 aromatic carbocycles. The maximum Gasteiger partial charge on any atom is 0.271 e. The van der Waals surface area contributed by atoms with Crippen LogP contribution in [-0.2, 0) is 0 Å². The van der Waals surface area contributed by atoms with Crippen LogP contribution >= 0.6 is 0 Å². The molecule has 0 spiro atoms. The molecule has 0 radical (unpaired) electrons. The quantitative estimate of drug-likeness (QED) is 0.407. The fourth-order valence-electron chi connectivity index (χ4n) is 0.262. The molecule has 1 aromatic rings. The molecule has 1 aliphatic rings. The van der Waals surface area contributed by atoms with Crippen LogP contribution < -0.4 is 10.2 Å². The molecule has 0 saturated carbocycles. The highest BCUT2D eigenvalue weighted by atomic mass is 16.6. The van der Waals surface area contributed by atoms with Crippen LogP contribution in [0.2, 0.25) is 0 Å². The SMILES string of the molecule is O=c1c2c1O2. The molecule has 5 heavy (non-hydrogen) atoms. The molecule has 2 heteroatoms. The minimum atomic E-state index is 0.130. The number of hydrogen-bond donors (Lipinski definition) is 0. The van der Waals surface area contributed by atoms with Crippen molar-refractivity contribution in [3.8, 4) is 11.5 Å². The first-order valence-electron chi connectivity index (χ1n) is 1.36. The Kier molecular flexibility index (Phi) is 0.0591. The summed E-state index contributed by atoms with van der Waals surface area (Å²) in [6, 6.07) is 0. The predicted molar refractivity (Wildman–Crippen MR) is 15.2 cm³/mol. The highest BCUT2D eigenvalue weighted by Crippen LogP contribution is 2.48. The fraction of sp³-hybridized carbons (Fsp3) is 0. The Labute approximate surface area is 27.7 Å². The molecule has 0 N–H and O–H groups in total. The van der Waals surface area contributed by atoms with E-state index in [1.807, 2.05) is 0 Å². The number of fused-ring (bicyclic) bond motifs is 1. The molecular weight excluding hydrogens is 68.0 g/mol. The molecule has 2 rings (SSSR count). The van der Waals surface area contributed by atoms with Gasteiger partial charge in [0.05, 0.1) is 0 Å². The van der Waals surface area contributed by atoms with Gasteiger partial charge in [-0.2, -0.15) is 0 Å². The average molecular weight is 68.0 g/mol. The van der Waals surface area contributed by atoms with E-state index in [1.165, 1.54) is 0 Å². The topological polar surface area (TPSA) is 29.6 Å². The molecule has 1 aliphatic heterocycles. The standard InChI is InChI=1S/C3O2/c4-1-2-3(1)5-2. The van der Waals surface area contributed by atoms with Gasteiger partial charge >= 0.3 is 0 Å². The summed E-state index contributed by atoms with van der Waals surface area (Å²) in [7, 11) is 0. The van der Waals surface area contributed by atoms with Crippen LogP contribution in [0.1, 0.15) is 0 Å². The zero-order valence-electron chi connectivity index (χ0n) is 2.32. The highest BCUT2D eigenvalue weighted by molar-refractivity contribution is 5.68. The lowest BCUT2D eigenvalue weighted by Crippen LogP contribution is -1.82. The van der Waals surface area contributed by atoms with Crippen molar-refractivity contribution in [2.24, 2.45) is 0 Å². The molecule has 2 nitrogen and oxygen atoms in total. The number of hydrogen-bond acceptors (Lipinski definition) is 2. The van der Waals surface area contributed by atoms with Gasteiger partial charge in [0.15, 0.2) is 0 Å². The van der Waals surface area contributed by atoms with Gasteiger partial charge in [-0.3, -0.25) is 4.79 Å². The first-order chi connectivity index (χ1) is 2.39. The monoisotopic (exact) mass is 68.0 g/mol. The summed E-state index contributed by atoms with van der Waals surface area (Å²) in [6.07, 6.45) is 0. The van der Waals surface area contributed by atoms with Gasteiger partial charge in [0.2, 0.25) is 11.5 Å². The lowest BCUT2D eigenvalue weighted by atomic mass is 11.0. The zero-order valence-corrected chi connectivity index (χ0v) is 2.32. The van der Waals surface area contributed by atoms with E-state index >= 15 is 0 Å². The molecule has 0 amide bonds. The molecule has 0 fully saturated rings. The van der Waals surface area contributed by atoms with Crippen LogP contribution in [-0.4, -0.2) is 0 Å². The van der Waals surface area contributed by atoms with Crippen molar-refractivity contribution in [2.75, 3.05) is 0 Å². The van der Waals surface area contributed by atoms with Crippen LogP contribution in [0.5, 0.6) is 11.5 Å². The van der Waals surface area contributed by atoms with Crippen LogP contribution in [0.3, 0.4) is 0 Å². The molecule has 0 bridgehead atoms. The van der Waals surface area contributed by atoms with Gasteiger partial charge in [-0.05, 0) is 0 Å². The maximum absolute atomic E-state index is 9.74. The largest absolute Gasteiger partial charge is 0.441 e. The van der Waals surface area contributed by atoms with E-state index in [1.54, 1.807) is 0 Å². The van der Waals surface area contributed by atoms with Crippen molar-refractivity contribution >= 4 is 0 Å². The Balaban J connectivity index is 3.08. The Bertz CT molecular complexity index is 163. The second kappa shape index (κ2) is 0.185. The van der Waals surface area contributed by atoms with Crippen molar-refractivity contribution < 1.29 is 4.74 Å². The van der Waals surface area contributed by atoms with Crippen LogP contribution in [0, 0.1) is 0 Å². The summed E-state index contributed by atoms with van der Waals surface area (Å²) >= 11 is 0. The normalized spacial score (nSPS) is 14.4. The van der Waals surface area contributed by atoms with E-state index < -0.39 is 0 Å². The average Bonchev–Trinajstić information content (AvgIpc) is 2.11. The molecule has 0 saturated heterocycles. The highest BCUT2D eigenvalue weighted by Gasteiger charge is 2.42. The van der Waals surface area contributed by atoms with Crippen LogP contribution in [0.25, 0.3) is 0 Å². The first kappa shape index (κ1) is 1.60. The summed E-state index contributed by atoms with van der Waals surface area (Å²) in [5.74, 6) is 1.23. The van der Waals surface area contributed by atoms with Crippen molar-refractivity contribution in [1.29, 1.82) is 0 Å². The number of ether oxygens (including phenoxy) is 1. The summed E-state index contributed by atoms with van der Waals surface area (Å²) < 4.78 is 4.40. The molecule has 0 aliphatic carbocycles. The van der Waals surface area contributed by atoms with E-state index in [4.69, 9.17) is 0 Å². The van der Waals surface area contributed by atoms with Crippen molar-refractivity contribution in [3.63, 3.8) is 0 Å². The van der Waals surface area contributed by atoms with Crippen LogP contribution in [0.4, 0.5) is 0 Å². The van der Waals surface area contributed by atoms with Gasteiger partial charge in [-0.25, -0.2) is 0 Å². The van der Waals surface area contributed by atoms with Crippen molar-refractivity contribution in [1.82, 2.24) is 0 Å². The number of rotatable bonds is 0. The fourth-order valence-corrected chi connectivity index (χ4v) is 0.262. The smallest absolute Gasteiger partial charge is 0.271 e. The van der Waals surface area contributed by atoms with E-state index in [0.717, 1.165) is 0 Å². The predicted octanol–water partition coefficient (Wildman–Crippen LogP) is 0.0281. The molecule has 0 atom stereocenters.